The second-order valence-corrected chi connectivity index (χ2v) is 11.1. The minimum absolute atomic E-state index is 0.0279. The van der Waals surface area contributed by atoms with Crippen molar-refractivity contribution in [3.63, 3.8) is 0 Å². The first kappa shape index (κ1) is 32.6. The Morgan fingerprint density at radius 2 is 1.43 bits per heavy atom. The highest BCUT2D eigenvalue weighted by atomic mass is 19.1. The van der Waals surface area contributed by atoms with Crippen LogP contribution in [0.15, 0.2) is 78.9 Å². The molecule has 1 heterocycles. The van der Waals surface area contributed by atoms with Gasteiger partial charge in [0, 0.05) is 29.4 Å². The number of nitrogens with zero attached hydrogens (tertiary/aromatic N) is 1. The smallest absolute Gasteiger partial charge is 0.308 e. The molecule has 0 bridgehead atoms. The van der Waals surface area contributed by atoms with Crippen molar-refractivity contribution in [2.45, 2.75) is 64.3 Å². The fourth-order valence-electron chi connectivity index (χ4n) is 5.45. The summed E-state index contributed by atoms with van der Waals surface area (Å²) in [5.74, 6) is -1.67. The first-order valence-corrected chi connectivity index (χ1v) is 14.6. The van der Waals surface area contributed by atoms with E-state index in [2.05, 4.69) is 10.1 Å². The van der Waals surface area contributed by atoms with Crippen molar-refractivity contribution in [2.75, 3.05) is 7.11 Å². The molecule has 1 aromatic heterocycles. The fraction of sp³-hybridized carbons (Fsp3) is 0.314. The van der Waals surface area contributed by atoms with Crippen molar-refractivity contribution >= 4 is 11.9 Å². The summed E-state index contributed by atoms with van der Waals surface area (Å²) in [4.78, 5) is 25.7. The quantitative estimate of drug-likeness (QED) is 0.157. The van der Waals surface area contributed by atoms with E-state index >= 15 is 0 Å². The second kappa shape index (κ2) is 14.9. The van der Waals surface area contributed by atoms with Gasteiger partial charge in [0.2, 0.25) is 0 Å². The topological polar surface area (TPSA) is 101 Å². The number of amides is 1. The highest BCUT2D eigenvalue weighted by molar-refractivity contribution is 6.05. The third kappa shape index (κ3) is 7.98. The predicted molar refractivity (Wildman–Crippen MR) is 165 cm³/mol. The van der Waals surface area contributed by atoms with Gasteiger partial charge in [0.1, 0.15) is 17.3 Å². The normalized spacial score (nSPS) is 12.6. The Morgan fingerprint density at radius 3 is 2.02 bits per heavy atom. The Hall–Kier alpha value is -4.34. The van der Waals surface area contributed by atoms with Crippen LogP contribution < -0.4 is 5.32 Å². The van der Waals surface area contributed by atoms with Crippen molar-refractivity contribution < 1.29 is 33.3 Å². The number of esters is 1. The molecular weight excluding hydrogens is 566 g/mol. The molecule has 0 spiro atoms. The van der Waals surface area contributed by atoms with Gasteiger partial charge in [-0.2, -0.15) is 0 Å². The number of ether oxygens (including phenoxy) is 1. The van der Waals surface area contributed by atoms with Gasteiger partial charge in [0.15, 0.2) is 0 Å². The van der Waals surface area contributed by atoms with Gasteiger partial charge in [-0.25, -0.2) is 8.78 Å². The van der Waals surface area contributed by atoms with Crippen molar-refractivity contribution in [3.05, 3.63) is 107 Å². The SMILES string of the molecule is COC(=O)C[C@H](O)C[C@@H](O)CCc1c(-c2ccc(F)cc2)c(-c2ccccc2)c(C(=O)NCc2ccc(F)cc2)n1C(C)C. The number of carbonyl (C=O) groups excluding carboxylic acids is 2. The lowest BCUT2D eigenvalue weighted by atomic mass is 9.92. The lowest BCUT2D eigenvalue weighted by Crippen LogP contribution is -2.27. The van der Waals surface area contributed by atoms with Gasteiger partial charge in [0.25, 0.3) is 5.91 Å². The summed E-state index contributed by atoms with van der Waals surface area (Å²) in [6.07, 6.45) is -1.72. The molecule has 4 rings (SSSR count). The van der Waals surface area contributed by atoms with Gasteiger partial charge in [-0.3, -0.25) is 9.59 Å². The molecule has 0 aliphatic carbocycles. The Balaban J connectivity index is 1.82. The molecule has 0 unspecified atom stereocenters. The molecule has 9 heteroatoms. The van der Waals surface area contributed by atoms with Crippen LogP contribution in [0.4, 0.5) is 8.78 Å². The molecule has 0 aliphatic rings. The van der Waals surface area contributed by atoms with E-state index in [0.29, 0.717) is 23.2 Å². The van der Waals surface area contributed by atoms with Crippen LogP contribution in [0, 0.1) is 11.6 Å². The third-order valence-electron chi connectivity index (χ3n) is 7.49. The van der Waals surface area contributed by atoms with Gasteiger partial charge >= 0.3 is 5.97 Å². The number of methoxy groups -OCH3 is 1. The van der Waals surface area contributed by atoms with Crippen LogP contribution in [0.2, 0.25) is 0 Å². The van der Waals surface area contributed by atoms with Gasteiger partial charge in [0.05, 0.1) is 25.7 Å². The lowest BCUT2D eigenvalue weighted by molar-refractivity contribution is -0.143. The zero-order chi connectivity index (χ0) is 31.8. The maximum Gasteiger partial charge on any atom is 0.308 e. The molecule has 1 amide bonds. The van der Waals surface area contributed by atoms with E-state index in [1.54, 1.807) is 24.3 Å². The molecule has 0 aliphatic heterocycles. The standard InChI is InChI=1S/C35H38F2N2O5/c1-22(2)39-30(18-17-28(40)19-29(41)20-31(42)44-3)32(25-11-15-27(37)16-12-25)33(24-7-5-4-6-8-24)34(39)35(43)38-21-23-9-13-26(36)14-10-23/h4-16,22,28-29,40-41H,17-21H2,1-3H3,(H,38,43)/t28-,29+/m0/s1. The number of aliphatic hydroxyl groups is 2. The Morgan fingerprint density at radius 1 is 0.841 bits per heavy atom. The van der Waals surface area contributed by atoms with E-state index in [4.69, 9.17) is 0 Å². The van der Waals surface area contributed by atoms with E-state index in [0.717, 1.165) is 22.4 Å². The van der Waals surface area contributed by atoms with Crippen LogP contribution in [0.25, 0.3) is 22.3 Å². The number of benzene rings is 3. The molecule has 0 saturated heterocycles. The Bertz CT molecular complexity index is 1550. The van der Waals surface area contributed by atoms with Gasteiger partial charge in [-0.15, -0.1) is 0 Å². The van der Waals surface area contributed by atoms with Crippen LogP contribution in [0.3, 0.4) is 0 Å². The van der Waals surface area contributed by atoms with E-state index in [9.17, 15) is 28.6 Å². The van der Waals surface area contributed by atoms with E-state index in [1.165, 1.54) is 31.4 Å². The van der Waals surface area contributed by atoms with Crippen molar-refractivity contribution in [2.24, 2.45) is 0 Å². The highest BCUT2D eigenvalue weighted by Gasteiger charge is 2.30. The number of nitrogens with one attached hydrogen (secondary N) is 1. The first-order chi connectivity index (χ1) is 21.1. The molecule has 4 aromatic rings. The van der Waals surface area contributed by atoms with Gasteiger partial charge < -0.3 is 24.8 Å². The summed E-state index contributed by atoms with van der Waals surface area (Å²) in [5.41, 5.74) is 4.79. The maximum absolute atomic E-state index is 14.1. The zero-order valence-electron chi connectivity index (χ0n) is 25.1. The Labute approximate surface area is 256 Å². The molecule has 232 valence electrons. The number of hydrogen-bond acceptors (Lipinski definition) is 5. The lowest BCUT2D eigenvalue weighted by Gasteiger charge is -2.20. The van der Waals surface area contributed by atoms with Crippen molar-refractivity contribution in [3.8, 4) is 22.3 Å². The second-order valence-electron chi connectivity index (χ2n) is 11.1. The number of hydrogen-bond donors (Lipinski definition) is 3. The van der Waals surface area contributed by atoms with Gasteiger partial charge in [-0.1, -0.05) is 54.6 Å². The molecule has 3 N–H and O–H groups in total. The number of halogens is 2. The number of rotatable bonds is 13. The average Bonchev–Trinajstić information content (AvgIpc) is 3.35. The Kier molecular flexibility index (Phi) is 11.0. The van der Waals surface area contributed by atoms with Crippen LogP contribution in [-0.2, 0) is 22.5 Å². The maximum atomic E-state index is 14.1. The molecule has 0 radical (unpaired) electrons. The summed E-state index contributed by atoms with van der Waals surface area (Å²) in [5, 5.41) is 24.1. The molecule has 7 nitrogen and oxygen atoms in total. The summed E-state index contributed by atoms with van der Waals surface area (Å²) < 4.78 is 34.1. The summed E-state index contributed by atoms with van der Waals surface area (Å²) in [6.45, 7) is 4.09. The monoisotopic (exact) mass is 604 g/mol. The minimum Gasteiger partial charge on any atom is -0.469 e. The third-order valence-corrected chi connectivity index (χ3v) is 7.49. The van der Waals surface area contributed by atoms with E-state index in [-0.39, 0.29) is 43.6 Å². The minimum atomic E-state index is -1.07. The largest absolute Gasteiger partial charge is 0.469 e. The van der Waals surface area contributed by atoms with Crippen molar-refractivity contribution in [1.29, 1.82) is 0 Å². The number of aromatic nitrogens is 1. The predicted octanol–water partition coefficient (Wildman–Crippen LogP) is 6.22. The zero-order valence-corrected chi connectivity index (χ0v) is 25.1. The molecule has 44 heavy (non-hydrogen) atoms. The highest BCUT2D eigenvalue weighted by Crippen LogP contribution is 2.42. The summed E-state index contributed by atoms with van der Waals surface area (Å²) in [7, 11) is 1.24. The number of aliphatic hydroxyl groups excluding tert-OH is 2. The van der Waals surface area contributed by atoms with Crippen LogP contribution >= 0.6 is 0 Å². The van der Waals surface area contributed by atoms with Crippen LogP contribution in [0.1, 0.15) is 60.9 Å². The molecule has 2 atom stereocenters. The molecule has 0 fully saturated rings. The number of carbonyl (C=O) groups is 2. The first-order valence-electron chi connectivity index (χ1n) is 14.6. The molecule has 0 saturated carbocycles. The van der Waals surface area contributed by atoms with Crippen LogP contribution in [0.5, 0.6) is 0 Å². The van der Waals surface area contributed by atoms with Crippen LogP contribution in [-0.4, -0.2) is 46.0 Å². The van der Waals surface area contributed by atoms with Gasteiger partial charge in [-0.05, 0) is 74.1 Å². The summed E-state index contributed by atoms with van der Waals surface area (Å²) in [6, 6.07) is 21.2. The van der Waals surface area contributed by atoms with E-state index in [1.807, 2.05) is 48.7 Å². The van der Waals surface area contributed by atoms with E-state index < -0.39 is 24.0 Å². The molecular formula is C35H38F2N2O5. The fourth-order valence-corrected chi connectivity index (χ4v) is 5.45. The summed E-state index contributed by atoms with van der Waals surface area (Å²) >= 11 is 0. The van der Waals surface area contributed by atoms with Crippen molar-refractivity contribution in [1.82, 2.24) is 9.88 Å². The average molecular weight is 605 g/mol. The molecule has 3 aromatic carbocycles.